The molecule has 0 amide bonds. The summed E-state index contributed by atoms with van der Waals surface area (Å²) in [6, 6.07) is 5.22. The lowest BCUT2D eigenvalue weighted by Gasteiger charge is -2.16. The molecule has 1 aromatic rings. The SMILES string of the molecule is CCCCC(NC)c1ccc(Cl)c(F)c1. The van der Waals surface area contributed by atoms with Crippen molar-refractivity contribution < 1.29 is 4.39 Å². The van der Waals surface area contributed by atoms with E-state index in [0.29, 0.717) is 0 Å². The zero-order chi connectivity index (χ0) is 11.3. The van der Waals surface area contributed by atoms with Gasteiger partial charge in [-0.05, 0) is 31.2 Å². The summed E-state index contributed by atoms with van der Waals surface area (Å²) in [6.07, 6.45) is 3.30. The predicted octanol–water partition coefficient (Wildman–Crippen LogP) is 3.93. The summed E-state index contributed by atoms with van der Waals surface area (Å²) in [5.74, 6) is -0.342. The molecule has 1 N–H and O–H groups in total. The first kappa shape index (κ1) is 12.5. The summed E-state index contributed by atoms with van der Waals surface area (Å²) in [5, 5.41) is 3.37. The third-order valence-electron chi connectivity index (χ3n) is 2.54. The number of benzene rings is 1. The summed E-state index contributed by atoms with van der Waals surface area (Å²) in [5.41, 5.74) is 0.966. The molecule has 3 heteroatoms. The number of nitrogens with one attached hydrogen (secondary N) is 1. The van der Waals surface area contributed by atoms with Crippen LogP contribution in [0.2, 0.25) is 5.02 Å². The van der Waals surface area contributed by atoms with E-state index < -0.39 is 0 Å². The summed E-state index contributed by atoms with van der Waals surface area (Å²) in [6.45, 7) is 2.15. The lowest BCUT2D eigenvalue weighted by molar-refractivity contribution is 0.518. The molecule has 0 aliphatic carbocycles. The number of hydrogen-bond acceptors (Lipinski definition) is 1. The topological polar surface area (TPSA) is 12.0 Å². The van der Waals surface area contributed by atoms with Crippen LogP contribution in [0.5, 0.6) is 0 Å². The van der Waals surface area contributed by atoms with Crippen LogP contribution in [0.1, 0.15) is 37.8 Å². The second kappa shape index (κ2) is 6.09. The van der Waals surface area contributed by atoms with Crippen molar-refractivity contribution in [2.24, 2.45) is 0 Å². The Morgan fingerprint density at radius 2 is 2.20 bits per heavy atom. The van der Waals surface area contributed by atoms with Crippen LogP contribution in [0.25, 0.3) is 0 Å². The minimum absolute atomic E-state index is 0.184. The summed E-state index contributed by atoms with van der Waals surface area (Å²) in [4.78, 5) is 0. The molecule has 1 rings (SSSR count). The second-order valence-electron chi connectivity index (χ2n) is 3.66. The molecular formula is C12H17ClFN. The van der Waals surface area contributed by atoms with Gasteiger partial charge in [-0.15, -0.1) is 0 Å². The van der Waals surface area contributed by atoms with Crippen molar-refractivity contribution in [2.45, 2.75) is 32.2 Å². The first-order valence-corrected chi connectivity index (χ1v) is 5.69. The molecule has 15 heavy (non-hydrogen) atoms. The second-order valence-corrected chi connectivity index (χ2v) is 4.06. The molecule has 1 unspecified atom stereocenters. The van der Waals surface area contributed by atoms with Crippen LogP contribution < -0.4 is 5.32 Å². The lowest BCUT2D eigenvalue weighted by Crippen LogP contribution is -2.16. The fourth-order valence-electron chi connectivity index (χ4n) is 1.62. The van der Waals surface area contributed by atoms with E-state index in [-0.39, 0.29) is 16.9 Å². The van der Waals surface area contributed by atoms with Gasteiger partial charge < -0.3 is 5.32 Å². The van der Waals surface area contributed by atoms with E-state index in [2.05, 4.69) is 12.2 Å². The molecule has 0 saturated carbocycles. The van der Waals surface area contributed by atoms with Gasteiger partial charge in [-0.25, -0.2) is 4.39 Å². The third kappa shape index (κ3) is 3.47. The first-order valence-electron chi connectivity index (χ1n) is 5.31. The highest BCUT2D eigenvalue weighted by Gasteiger charge is 2.10. The monoisotopic (exact) mass is 229 g/mol. The maximum atomic E-state index is 13.2. The van der Waals surface area contributed by atoms with Crippen LogP contribution in [-0.4, -0.2) is 7.05 Å². The van der Waals surface area contributed by atoms with Crippen molar-refractivity contribution in [3.63, 3.8) is 0 Å². The Morgan fingerprint density at radius 3 is 2.73 bits per heavy atom. The van der Waals surface area contributed by atoms with E-state index >= 15 is 0 Å². The number of unbranched alkanes of at least 4 members (excludes halogenated alkanes) is 1. The average molecular weight is 230 g/mol. The summed E-state index contributed by atoms with van der Waals surface area (Å²) < 4.78 is 13.2. The van der Waals surface area contributed by atoms with Crippen molar-refractivity contribution >= 4 is 11.6 Å². The van der Waals surface area contributed by atoms with Crippen molar-refractivity contribution in [1.82, 2.24) is 5.32 Å². The van der Waals surface area contributed by atoms with Gasteiger partial charge in [0.05, 0.1) is 5.02 Å². The molecule has 0 bridgehead atoms. The molecule has 84 valence electrons. The quantitative estimate of drug-likeness (QED) is 0.807. The van der Waals surface area contributed by atoms with E-state index in [4.69, 9.17) is 11.6 Å². The van der Waals surface area contributed by atoms with Gasteiger partial charge in [0.15, 0.2) is 0 Å². The normalized spacial score (nSPS) is 12.8. The molecule has 0 spiro atoms. The Balaban J connectivity index is 2.78. The van der Waals surface area contributed by atoms with Crippen LogP contribution in [0.15, 0.2) is 18.2 Å². The van der Waals surface area contributed by atoms with Gasteiger partial charge in [0.25, 0.3) is 0 Å². The maximum absolute atomic E-state index is 13.2. The number of hydrogen-bond donors (Lipinski definition) is 1. The highest BCUT2D eigenvalue weighted by Crippen LogP contribution is 2.23. The summed E-state index contributed by atoms with van der Waals surface area (Å²) in [7, 11) is 1.90. The Morgan fingerprint density at radius 1 is 1.47 bits per heavy atom. The van der Waals surface area contributed by atoms with E-state index in [9.17, 15) is 4.39 Å². The van der Waals surface area contributed by atoms with Crippen LogP contribution in [0.4, 0.5) is 4.39 Å². The third-order valence-corrected chi connectivity index (χ3v) is 2.85. The molecule has 1 aromatic carbocycles. The molecule has 0 aliphatic rings. The Bertz CT molecular complexity index is 314. The minimum atomic E-state index is -0.342. The fourth-order valence-corrected chi connectivity index (χ4v) is 1.73. The van der Waals surface area contributed by atoms with Gasteiger partial charge in [0.1, 0.15) is 5.82 Å². The van der Waals surface area contributed by atoms with Gasteiger partial charge in [-0.1, -0.05) is 37.4 Å². The largest absolute Gasteiger partial charge is 0.313 e. The van der Waals surface area contributed by atoms with Crippen molar-refractivity contribution in [3.8, 4) is 0 Å². The smallest absolute Gasteiger partial charge is 0.142 e. The maximum Gasteiger partial charge on any atom is 0.142 e. The molecule has 0 aromatic heterocycles. The van der Waals surface area contributed by atoms with E-state index in [0.717, 1.165) is 24.8 Å². The zero-order valence-electron chi connectivity index (χ0n) is 9.19. The Hall–Kier alpha value is -0.600. The molecular weight excluding hydrogens is 213 g/mol. The van der Waals surface area contributed by atoms with Crippen LogP contribution in [0.3, 0.4) is 0 Å². The van der Waals surface area contributed by atoms with Gasteiger partial charge in [-0.3, -0.25) is 0 Å². The molecule has 0 heterocycles. The molecule has 0 fully saturated rings. The molecule has 0 aliphatic heterocycles. The number of halogens is 2. The van der Waals surface area contributed by atoms with Gasteiger partial charge in [0, 0.05) is 6.04 Å². The molecule has 1 atom stereocenters. The van der Waals surface area contributed by atoms with Crippen molar-refractivity contribution in [3.05, 3.63) is 34.6 Å². The van der Waals surface area contributed by atoms with Gasteiger partial charge >= 0.3 is 0 Å². The first-order chi connectivity index (χ1) is 7.19. The van der Waals surface area contributed by atoms with Gasteiger partial charge in [0.2, 0.25) is 0 Å². The highest BCUT2D eigenvalue weighted by atomic mass is 35.5. The van der Waals surface area contributed by atoms with E-state index in [1.807, 2.05) is 13.1 Å². The molecule has 0 radical (unpaired) electrons. The minimum Gasteiger partial charge on any atom is -0.313 e. The fraction of sp³-hybridized carbons (Fsp3) is 0.500. The Labute approximate surface area is 95.6 Å². The van der Waals surface area contributed by atoms with Crippen LogP contribution in [-0.2, 0) is 0 Å². The van der Waals surface area contributed by atoms with Crippen LogP contribution >= 0.6 is 11.6 Å². The van der Waals surface area contributed by atoms with E-state index in [1.165, 1.54) is 6.07 Å². The van der Waals surface area contributed by atoms with Gasteiger partial charge in [-0.2, -0.15) is 0 Å². The predicted molar refractivity (Wildman–Crippen MR) is 62.7 cm³/mol. The standard InChI is InChI=1S/C12H17ClFN/c1-3-4-5-12(15-2)9-6-7-10(13)11(14)8-9/h6-8,12,15H,3-5H2,1-2H3. The van der Waals surface area contributed by atoms with E-state index in [1.54, 1.807) is 6.07 Å². The molecule has 0 saturated heterocycles. The Kier molecular flexibility index (Phi) is 5.06. The van der Waals surface area contributed by atoms with Crippen LogP contribution in [0, 0.1) is 5.82 Å². The lowest BCUT2D eigenvalue weighted by atomic mass is 10.0. The number of rotatable bonds is 5. The van der Waals surface area contributed by atoms with Crippen molar-refractivity contribution in [1.29, 1.82) is 0 Å². The highest BCUT2D eigenvalue weighted by molar-refractivity contribution is 6.30. The van der Waals surface area contributed by atoms with Crippen molar-refractivity contribution in [2.75, 3.05) is 7.05 Å². The summed E-state index contributed by atoms with van der Waals surface area (Å²) >= 11 is 5.64. The zero-order valence-corrected chi connectivity index (χ0v) is 9.94. The molecule has 1 nitrogen and oxygen atoms in total. The average Bonchev–Trinajstić information content (AvgIpc) is 2.24.